The monoisotopic (exact) mass is 384 g/mol. The van der Waals surface area contributed by atoms with Crippen molar-refractivity contribution in [1.82, 2.24) is 4.90 Å². The maximum absolute atomic E-state index is 3.83. The number of likely N-dealkylation sites (N-methyl/N-ethyl adjacent to an activating group) is 1. The Morgan fingerprint density at radius 2 is 1.67 bits per heavy atom. The minimum absolute atomic E-state index is 0. The molecule has 0 saturated heterocycles. The highest BCUT2D eigenvalue weighted by Gasteiger charge is 2.37. The van der Waals surface area contributed by atoms with Gasteiger partial charge >= 0.3 is 0 Å². The molecule has 0 heterocycles. The van der Waals surface area contributed by atoms with Gasteiger partial charge in [0.2, 0.25) is 0 Å². The van der Waals surface area contributed by atoms with Gasteiger partial charge in [0.15, 0.2) is 0 Å². The molecule has 0 aliphatic heterocycles. The Kier molecular flexibility index (Phi) is 6.49. The van der Waals surface area contributed by atoms with Crippen molar-refractivity contribution in [3.8, 4) is 0 Å². The summed E-state index contributed by atoms with van der Waals surface area (Å²) in [4.78, 5) is 2.48. The van der Waals surface area contributed by atoms with Crippen LogP contribution in [0.5, 0.6) is 0 Å². The number of benzene rings is 2. The molecule has 2 aliphatic rings. The highest BCUT2D eigenvalue weighted by molar-refractivity contribution is 5.85. The summed E-state index contributed by atoms with van der Waals surface area (Å²) >= 11 is 0. The molecule has 0 radical (unpaired) electrons. The van der Waals surface area contributed by atoms with Gasteiger partial charge in [-0.3, -0.25) is 0 Å². The summed E-state index contributed by atoms with van der Waals surface area (Å²) in [6, 6.07) is 18.6. The number of hydrogen-bond acceptors (Lipinski definition) is 2. The predicted molar refractivity (Wildman–Crippen MR) is 118 cm³/mol. The smallest absolute Gasteiger partial charge is 0.0345 e. The van der Waals surface area contributed by atoms with Crippen LogP contribution in [-0.4, -0.2) is 30.6 Å². The van der Waals surface area contributed by atoms with Crippen molar-refractivity contribution in [3.05, 3.63) is 65.2 Å². The third-order valence-electron chi connectivity index (χ3n) is 6.71. The fourth-order valence-corrected chi connectivity index (χ4v) is 4.95. The Balaban J connectivity index is 0.00000210. The van der Waals surface area contributed by atoms with Crippen LogP contribution in [-0.2, 0) is 19.3 Å². The summed E-state index contributed by atoms with van der Waals surface area (Å²) < 4.78 is 0. The number of nitrogens with one attached hydrogen (secondary N) is 1. The van der Waals surface area contributed by atoms with E-state index >= 15 is 0 Å². The van der Waals surface area contributed by atoms with E-state index in [1.54, 1.807) is 11.1 Å². The Labute approximate surface area is 170 Å². The Morgan fingerprint density at radius 3 is 2.37 bits per heavy atom. The van der Waals surface area contributed by atoms with Gasteiger partial charge in [-0.2, -0.15) is 0 Å². The van der Waals surface area contributed by atoms with Crippen molar-refractivity contribution >= 4 is 18.1 Å². The standard InChI is InChI=1S/C24H32N2.ClH/c1-26(2)24(18-19-7-4-3-5-8-19)15-13-22(14-16-24)25-23-12-11-20-9-6-10-21(20)17-23;/h3-5,7-8,11-12,17,22,25H,6,9-10,13-16,18H2,1-2H3;1H. The van der Waals surface area contributed by atoms with E-state index < -0.39 is 0 Å². The molecule has 0 spiro atoms. The lowest BCUT2D eigenvalue weighted by Crippen LogP contribution is -2.50. The van der Waals surface area contributed by atoms with Crippen molar-refractivity contribution in [1.29, 1.82) is 0 Å². The van der Waals surface area contributed by atoms with E-state index in [-0.39, 0.29) is 12.4 Å². The van der Waals surface area contributed by atoms with Crippen LogP contribution in [0.1, 0.15) is 48.8 Å². The van der Waals surface area contributed by atoms with Crippen molar-refractivity contribution in [2.45, 2.75) is 62.9 Å². The maximum Gasteiger partial charge on any atom is 0.0345 e. The fraction of sp³-hybridized carbons (Fsp3) is 0.500. The largest absolute Gasteiger partial charge is 0.382 e. The number of anilines is 1. The first kappa shape index (κ1) is 20.2. The summed E-state index contributed by atoms with van der Waals surface area (Å²) in [5.74, 6) is 0. The lowest BCUT2D eigenvalue weighted by atomic mass is 9.74. The second kappa shape index (κ2) is 8.67. The molecule has 27 heavy (non-hydrogen) atoms. The predicted octanol–water partition coefficient (Wildman–Crippen LogP) is 5.49. The number of aryl methyl sites for hydroxylation is 2. The molecular weight excluding hydrogens is 352 g/mol. The fourth-order valence-electron chi connectivity index (χ4n) is 4.95. The lowest BCUT2D eigenvalue weighted by molar-refractivity contribution is 0.0960. The van der Waals surface area contributed by atoms with Gasteiger partial charge < -0.3 is 10.2 Å². The van der Waals surface area contributed by atoms with Gasteiger partial charge in [0.05, 0.1) is 0 Å². The summed E-state index contributed by atoms with van der Waals surface area (Å²) in [6.45, 7) is 0. The first-order valence-corrected chi connectivity index (χ1v) is 10.2. The van der Waals surface area contributed by atoms with Gasteiger partial charge in [0, 0.05) is 17.3 Å². The maximum atomic E-state index is 3.83. The Morgan fingerprint density at radius 1 is 0.963 bits per heavy atom. The van der Waals surface area contributed by atoms with Crippen molar-refractivity contribution in [2.75, 3.05) is 19.4 Å². The van der Waals surface area contributed by atoms with E-state index in [0.29, 0.717) is 11.6 Å². The van der Waals surface area contributed by atoms with Crippen LogP contribution < -0.4 is 5.32 Å². The van der Waals surface area contributed by atoms with Gasteiger partial charge in [-0.25, -0.2) is 0 Å². The molecule has 4 rings (SSSR count). The molecule has 0 unspecified atom stereocenters. The molecule has 0 atom stereocenters. The zero-order valence-electron chi connectivity index (χ0n) is 16.7. The summed E-state index contributed by atoms with van der Waals surface area (Å²) in [5, 5.41) is 3.83. The zero-order valence-corrected chi connectivity index (χ0v) is 17.5. The average molecular weight is 385 g/mol. The van der Waals surface area contributed by atoms with E-state index in [1.165, 1.54) is 56.2 Å². The molecule has 2 nitrogen and oxygen atoms in total. The molecule has 2 aromatic carbocycles. The quantitative estimate of drug-likeness (QED) is 0.732. The van der Waals surface area contributed by atoms with E-state index in [4.69, 9.17) is 0 Å². The molecule has 146 valence electrons. The molecule has 2 aromatic rings. The molecule has 2 aliphatic carbocycles. The highest BCUT2D eigenvalue weighted by Crippen LogP contribution is 2.36. The van der Waals surface area contributed by atoms with Crippen molar-refractivity contribution in [2.24, 2.45) is 0 Å². The van der Waals surface area contributed by atoms with E-state index in [9.17, 15) is 0 Å². The first-order valence-electron chi connectivity index (χ1n) is 10.2. The third-order valence-corrected chi connectivity index (χ3v) is 6.71. The topological polar surface area (TPSA) is 15.3 Å². The minimum Gasteiger partial charge on any atom is -0.382 e. The first-order chi connectivity index (χ1) is 12.6. The Bertz CT molecular complexity index is 733. The molecule has 1 saturated carbocycles. The highest BCUT2D eigenvalue weighted by atomic mass is 35.5. The van der Waals surface area contributed by atoms with Crippen LogP contribution in [0.4, 0.5) is 5.69 Å². The van der Waals surface area contributed by atoms with Crippen molar-refractivity contribution in [3.63, 3.8) is 0 Å². The van der Waals surface area contributed by atoms with Crippen molar-refractivity contribution < 1.29 is 0 Å². The summed E-state index contributed by atoms with van der Waals surface area (Å²) in [7, 11) is 4.52. The number of fused-ring (bicyclic) bond motifs is 1. The minimum atomic E-state index is 0. The lowest BCUT2D eigenvalue weighted by Gasteiger charge is -2.45. The third kappa shape index (κ3) is 4.50. The zero-order chi connectivity index (χ0) is 18.0. The molecule has 0 aromatic heterocycles. The van der Waals surface area contributed by atoms with Gasteiger partial charge in [0.25, 0.3) is 0 Å². The number of nitrogens with zero attached hydrogens (tertiary/aromatic N) is 1. The van der Waals surface area contributed by atoms with E-state index in [1.807, 2.05) is 0 Å². The van der Waals surface area contributed by atoms with Gasteiger partial charge in [0.1, 0.15) is 0 Å². The molecule has 1 N–H and O–H groups in total. The van der Waals surface area contributed by atoms with Crippen LogP contribution in [0.15, 0.2) is 48.5 Å². The normalized spacial score (nSPS) is 24.3. The molecule has 0 bridgehead atoms. The summed E-state index contributed by atoms with van der Waals surface area (Å²) in [6.07, 6.45) is 10.0. The molecular formula is C24H33ClN2. The van der Waals surface area contributed by atoms with Gasteiger partial charge in [-0.05, 0) is 94.3 Å². The van der Waals surface area contributed by atoms with Crippen LogP contribution in [0.2, 0.25) is 0 Å². The number of hydrogen-bond donors (Lipinski definition) is 1. The van der Waals surface area contributed by atoms with E-state index in [2.05, 4.69) is 72.8 Å². The van der Waals surface area contributed by atoms with Crippen LogP contribution in [0, 0.1) is 0 Å². The van der Waals surface area contributed by atoms with Crippen LogP contribution >= 0.6 is 12.4 Å². The molecule has 1 fully saturated rings. The van der Waals surface area contributed by atoms with E-state index in [0.717, 1.165) is 6.42 Å². The number of rotatable bonds is 5. The molecule has 3 heteroatoms. The second-order valence-electron chi connectivity index (χ2n) is 8.54. The second-order valence-corrected chi connectivity index (χ2v) is 8.54. The summed E-state index contributed by atoms with van der Waals surface area (Å²) in [5.41, 5.74) is 6.23. The Hall–Kier alpha value is -1.51. The average Bonchev–Trinajstić information content (AvgIpc) is 3.12. The number of halogens is 1. The SMILES string of the molecule is CN(C)C1(Cc2ccccc2)CCC(Nc2ccc3c(c2)CCC3)CC1.Cl. The van der Waals surface area contributed by atoms with Gasteiger partial charge in [-0.1, -0.05) is 36.4 Å². The molecule has 0 amide bonds. The van der Waals surface area contributed by atoms with Crippen LogP contribution in [0.3, 0.4) is 0 Å². The van der Waals surface area contributed by atoms with Gasteiger partial charge in [-0.15, -0.1) is 12.4 Å². The van der Waals surface area contributed by atoms with Crippen LogP contribution in [0.25, 0.3) is 0 Å².